The normalized spacial score (nSPS) is 19.5. The summed E-state index contributed by atoms with van der Waals surface area (Å²) < 4.78 is 27.5. The van der Waals surface area contributed by atoms with Gasteiger partial charge >= 0.3 is 5.97 Å². The van der Waals surface area contributed by atoms with Gasteiger partial charge in [-0.1, -0.05) is 7.43 Å². The van der Waals surface area contributed by atoms with Crippen LogP contribution in [0.3, 0.4) is 0 Å². The maximum atomic E-state index is 13.0. The summed E-state index contributed by atoms with van der Waals surface area (Å²) in [5.74, 6) is -0.496. The highest BCUT2D eigenvalue weighted by atomic mass is 16.7. The van der Waals surface area contributed by atoms with Crippen molar-refractivity contribution in [2.24, 2.45) is 16.9 Å². The summed E-state index contributed by atoms with van der Waals surface area (Å²) in [5, 5.41) is 17.4. The van der Waals surface area contributed by atoms with E-state index in [9.17, 15) is 14.7 Å². The van der Waals surface area contributed by atoms with Crippen molar-refractivity contribution in [2.45, 2.75) is 13.3 Å². The van der Waals surface area contributed by atoms with Crippen LogP contribution in [0.2, 0.25) is 0 Å². The molecule has 2 aliphatic heterocycles. The number of rotatable bonds is 7. The van der Waals surface area contributed by atoms with Gasteiger partial charge in [-0.3, -0.25) is 14.6 Å². The number of carboxylic acids is 1. The Morgan fingerprint density at radius 2 is 1.76 bits per heavy atom. The van der Waals surface area contributed by atoms with Crippen molar-refractivity contribution in [2.75, 3.05) is 39.7 Å². The van der Waals surface area contributed by atoms with E-state index in [4.69, 9.17) is 28.8 Å². The third-order valence-corrected chi connectivity index (χ3v) is 7.57. The fourth-order valence-corrected chi connectivity index (χ4v) is 5.82. The Morgan fingerprint density at radius 1 is 1.05 bits per heavy atom. The minimum atomic E-state index is -0.972. The number of carbonyl (C=O) groups excluding carboxylic acids is 1. The molecule has 3 atom stereocenters. The molecule has 0 unspecified atom stereocenters. The van der Waals surface area contributed by atoms with Crippen LogP contribution in [0.4, 0.5) is 5.69 Å². The van der Waals surface area contributed by atoms with Crippen LogP contribution in [0, 0.1) is 11.8 Å². The molecule has 2 heterocycles. The molecule has 3 aromatic carbocycles. The molecule has 0 saturated carbocycles. The lowest BCUT2D eigenvalue weighted by molar-refractivity contribution is -0.143. The van der Waals surface area contributed by atoms with Gasteiger partial charge in [0.05, 0.1) is 50.8 Å². The maximum Gasteiger partial charge on any atom is 0.308 e. The topological polar surface area (TPSA) is 116 Å². The van der Waals surface area contributed by atoms with Crippen LogP contribution in [0.5, 0.6) is 28.7 Å². The molecule has 10 nitrogen and oxygen atoms in total. The van der Waals surface area contributed by atoms with Gasteiger partial charge in [0.25, 0.3) is 0 Å². The largest absolute Gasteiger partial charge is 0.497 e. The van der Waals surface area contributed by atoms with Crippen LogP contribution in [0.1, 0.15) is 41.8 Å². The van der Waals surface area contributed by atoms with E-state index in [2.05, 4.69) is 0 Å². The Hall–Kier alpha value is -4.67. The van der Waals surface area contributed by atoms with Crippen molar-refractivity contribution < 1.29 is 39.8 Å². The molecule has 213 valence electrons. The van der Waals surface area contributed by atoms with E-state index in [-0.39, 0.29) is 29.6 Å². The van der Waals surface area contributed by atoms with Gasteiger partial charge < -0.3 is 28.8 Å². The van der Waals surface area contributed by atoms with Crippen LogP contribution < -0.4 is 28.7 Å². The minimum Gasteiger partial charge on any atom is -0.497 e. The van der Waals surface area contributed by atoms with Gasteiger partial charge in [-0.25, -0.2) is 0 Å². The van der Waals surface area contributed by atoms with E-state index < -0.39 is 23.7 Å². The second-order valence-corrected chi connectivity index (χ2v) is 9.47. The third-order valence-electron chi connectivity index (χ3n) is 7.57. The predicted molar refractivity (Wildman–Crippen MR) is 155 cm³/mol. The number of benzene rings is 3. The fourth-order valence-electron chi connectivity index (χ4n) is 5.82. The highest BCUT2D eigenvalue weighted by molar-refractivity contribution is 6.09. The average Bonchev–Trinajstić information content (AvgIpc) is 3.61. The zero-order valence-electron chi connectivity index (χ0n) is 22.1. The summed E-state index contributed by atoms with van der Waals surface area (Å²) in [6.07, 6.45) is 0.678. The quantitative estimate of drug-likeness (QED) is 0.331. The number of aldehydes is 1. The molecule has 41 heavy (non-hydrogen) atoms. The SMILES string of the molecule is C.COc1ccc(N2C[C@@H]3C(=N2)c2cc4c(cc2[C@@H](c2cc(C=O)c(OC)c(OC)c2)[C@H]3C(=O)O)OCO4)cc1.[2HH].[B]. The van der Waals surface area contributed by atoms with E-state index in [0.717, 1.165) is 16.8 Å². The number of hydrogen-bond acceptors (Lipinski definition) is 9. The first kappa shape index (κ1) is 29.3. The van der Waals surface area contributed by atoms with Crippen LogP contribution in [0.25, 0.3) is 0 Å². The molecule has 1 N–H and O–H groups in total. The number of aliphatic carboxylic acids is 1. The number of ether oxygens (including phenoxy) is 5. The second kappa shape index (κ2) is 11.4. The first-order valence-electron chi connectivity index (χ1n) is 12.3. The van der Waals surface area contributed by atoms with E-state index in [1.54, 1.807) is 19.2 Å². The van der Waals surface area contributed by atoms with Gasteiger partial charge in [0, 0.05) is 27.2 Å². The number of carboxylic acid groups (broad SMARTS) is 1. The van der Waals surface area contributed by atoms with E-state index in [1.165, 1.54) is 14.2 Å². The van der Waals surface area contributed by atoms with Gasteiger partial charge in [0.15, 0.2) is 29.3 Å². The molecule has 0 amide bonds. The van der Waals surface area contributed by atoms with Gasteiger partial charge in [0.1, 0.15) is 5.75 Å². The Bertz CT molecular complexity index is 1510. The van der Waals surface area contributed by atoms with Crippen LogP contribution in [-0.2, 0) is 4.79 Å². The number of anilines is 1. The van der Waals surface area contributed by atoms with Gasteiger partial charge in [0.2, 0.25) is 6.79 Å². The monoisotopic (exact) mass is 560 g/mol. The molecule has 11 heteroatoms. The van der Waals surface area contributed by atoms with Crippen molar-refractivity contribution in [3.63, 3.8) is 0 Å². The number of hydrazone groups is 1. The molecule has 0 saturated heterocycles. The molecule has 0 bridgehead atoms. The number of methoxy groups -OCH3 is 3. The van der Waals surface area contributed by atoms with Crippen molar-refractivity contribution in [1.82, 2.24) is 0 Å². The summed E-state index contributed by atoms with van der Waals surface area (Å²) in [7, 11) is 4.53. The third kappa shape index (κ3) is 4.71. The zero-order chi connectivity index (χ0) is 27.3. The number of hydrogen-bond donors (Lipinski definition) is 1. The molecule has 0 spiro atoms. The average molecular weight is 560 g/mol. The van der Waals surface area contributed by atoms with E-state index in [1.807, 2.05) is 41.4 Å². The Balaban J connectivity index is 0.00000161. The molecule has 1 aliphatic carbocycles. The lowest BCUT2D eigenvalue weighted by Crippen LogP contribution is -2.41. The highest BCUT2D eigenvalue weighted by Crippen LogP contribution is 2.51. The molecule has 6 rings (SSSR count). The molecule has 3 aliphatic rings. The number of nitrogens with zero attached hydrogens (tertiary/aromatic N) is 2. The first-order valence-corrected chi connectivity index (χ1v) is 12.3. The molecule has 0 fully saturated rings. The van der Waals surface area contributed by atoms with Crippen LogP contribution >= 0.6 is 0 Å². The van der Waals surface area contributed by atoms with Crippen LogP contribution in [-0.4, -0.2) is 66.2 Å². The lowest BCUT2D eigenvalue weighted by atomic mass is 9.65. The van der Waals surface area contributed by atoms with Crippen molar-refractivity contribution in [1.29, 1.82) is 0 Å². The molecule has 3 radical (unpaired) electrons. The fraction of sp³-hybridized carbons (Fsp3) is 0.300. The van der Waals surface area contributed by atoms with Gasteiger partial charge in [-0.15, -0.1) is 0 Å². The van der Waals surface area contributed by atoms with Crippen LogP contribution in [0.15, 0.2) is 53.6 Å². The molecular weight excluding hydrogens is 527 g/mol. The standard InChI is InChI=1S/C29H26N2O8.CH4.B.H2/c1-35-18-6-4-17(5-7-18)31-12-21-26(29(33)34)25(15-8-16(13-32)28(37-3)24(9-15)36-2)19-10-22-23(39-14-38-22)11-20(19)27(21)30-31;;;/h4-11,13,21,25-26H,12,14H2,1-3H3,(H,33,34);1H4;;1H/t21-,25+,26-;;;/m0.../s1/i;;;1+1. The van der Waals surface area contributed by atoms with E-state index in [0.29, 0.717) is 52.9 Å². The summed E-state index contributed by atoms with van der Waals surface area (Å²) in [6.45, 7) is 0.432. The Morgan fingerprint density at radius 3 is 2.37 bits per heavy atom. The summed E-state index contributed by atoms with van der Waals surface area (Å²) in [6, 6.07) is 14.5. The molecule has 3 aromatic rings. The van der Waals surface area contributed by atoms with E-state index >= 15 is 0 Å². The first-order chi connectivity index (χ1) is 19.0. The molecular formula is C30H32BN2O8. The predicted octanol–water partition coefficient (Wildman–Crippen LogP) is 4.44. The summed E-state index contributed by atoms with van der Waals surface area (Å²) in [4.78, 5) is 25.0. The Labute approximate surface area is 241 Å². The Kier molecular flexibility index (Phi) is 8.18. The van der Waals surface area contributed by atoms with Gasteiger partial charge in [-0.05, 0) is 59.7 Å². The maximum absolute atomic E-state index is 13.0. The van der Waals surface area contributed by atoms with Crippen molar-refractivity contribution in [3.8, 4) is 28.7 Å². The van der Waals surface area contributed by atoms with Gasteiger partial charge in [-0.2, -0.15) is 5.10 Å². The highest BCUT2D eigenvalue weighted by Gasteiger charge is 2.49. The van der Waals surface area contributed by atoms with Crippen molar-refractivity contribution in [3.05, 3.63) is 70.8 Å². The summed E-state index contributed by atoms with van der Waals surface area (Å²) >= 11 is 0. The minimum absolute atomic E-state index is 0. The molecule has 0 aromatic heterocycles. The number of fused-ring (bicyclic) bond motifs is 4. The second-order valence-electron chi connectivity index (χ2n) is 9.47. The zero-order valence-corrected chi connectivity index (χ0v) is 22.1. The van der Waals surface area contributed by atoms with Crippen molar-refractivity contribution >= 4 is 32.1 Å². The summed E-state index contributed by atoms with van der Waals surface area (Å²) in [5.41, 5.74) is 3.87. The smallest absolute Gasteiger partial charge is 0.308 e. The lowest BCUT2D eigenvalue weighted by Gasteiger charge is -2.36. The number of carbonyl (C=O) groups is 2.